The summed E-state index contributed by atoms with van der Waals surface area (Å²) in [5.74, 6) is -3.25. The van der Waals surface area contributed by atoms with Gasteiger partial charge in [0, 0.05) is 5.39 Å². The van der Waals surface area contributed by atoms with Crippen LogP contribution in [0.15, 0.2) is 40.8 Å². The Labute approximate surface area is 106 Å². The highest BCUT2D eigenvalue weighted by Gasteiger charge is 2.26. The van der Waals surface area contributed by atoms with Gasteiger partial charge >= 0.3 is 11.9 Å². The summed E-state index contributed by atoms with van der Waals surface area (Å²) in [7, 11) is 0. The molecule has 0 unspecified atom stereocenters. The highest BCUT2D eigenvalue weighted by atomic mass is 16.4. The van der Waals surface area contributed by atoms with Crippen LogP contribution in [0.3, 0.4) is 0 Å². The Balaban J connectivity index is 2.57. The predicted octanol–water partition coefficient (Wildman–Crippen LogP) is 2.98. The highest BCUT2D eigenvalue weighted by molar-refractivity contribution is 6.18. The Morgan fingerprint density at radius 3 is 2.37 bits per heavy atom. The van der Waals surface area contributed by atoms with E-state index >= 15 is 0 Å². The molecular weight excluding hydrogens is 248 g/mol. The van der Waals surface area contributed by atoms with Crippen LogP contribution < -0.4 is 0 Å². The molecular formula is C14H8O5. The minimum atomic E-state index is -1.39. The number of hydrogen-bond donors (Lipinski definition) is 2. The molecule has 1 heterocycles. The lowest BCUT2D eigenvalue weighted by Gasteiger charge is -1.99. The number of fused-ring (bicyclic) bond motifs is 3. The number of aromatic carboxylic acids is 2. The van der Waals surface area contributed by atoms with Crippen LogP contribution in [0.4, 0.5) is 0 Å². The molecule has 0 atom stereocenters. The van der Waals surface area contributed by atoms with Crippen LogP contribution in [-0.2, 0) is 0 Å². The number of carboxylic acids is 2. The molecule has 0 aliphatic carbocycles. The average molecular weight is 256 g/mol. The van der Waals surface area contributed by atoms with Gasteiger partial charge in [-0.1, -0.05) is 30.3 Å². The Hall–Kier alpha value is -2.82. The van der Waals surface area contributed by atoms with Crippen molar-refractivity contribution in [3.05, 3.63) is 47.7 Å². The van der Waals surface area contributed by atoms with Crippen LogP contribution in [0, 0.1) is 0 Å². The van der Waals surface area contributed by atoms with Crippen molar-refractivity contribution < 1.29 is 24.2 Å². The summed E-state index contributed by atoms with van der Waals surface area (Å²) in [5.41, 5.74) is -0.0483. The Bertz CT molecular complexity index is 828. The van der Waals surface area contributed by atoms with Gasteiger partial charge in [0.2, 0.25) is 5.76 Å². The third kappa shape index (κ3) is 1.55. The second-order valence-corrected chi connectivity index (χ2v) is 4.08. The second kappa shape index (κ2) is 3.84. The molecule has 0 fully saturated rings. The first-order valence-electron chi connectivity index (χ1n) is 5.50. The van der Waals surface area contributed by atoms with E-state index in [-0.39, 0.29) is 11.1 Å². The molecule has 19 heavy (non-hydrogen) atoms. The van der Waals surface area contributed by atoms with Crippen LogP contribution >= 0.6 is 0 Å². The maximum atomic E-state index is 11.3. The van der Waals surface area contributed by atoms with E-state index < -0.39 is 17.7 Å². The number of carboxylic acid groups (broad SMARTS) is 2. The zero-order valence-electron chi connectivity index (χ0n) is 9.58. The van der Waals surface area contributed by atoms with E-state index in [9.17, 15) is 14.7 Å². The second-order valence-electron chi connectivity index (χ2n) is 4.08. The number of hydrogen-bond acceptors (Lipinski definition) is 3. The van der Waals surface area contributed by atoms with Crippen LogP contribution in [0.2, 0.25) is 0 Å². The summed E-state index contributed by atoms with van der Waals surface area (Å²) in [5, 5.41) is 20.1. The molecule has 0 saturated heterocycles. The van der Waals surface area contributed by atoms with Crippen molar-refractivity contribution in [3.63, 3.8) is 0 Å². The number of furan rings is 1. The summed E-state index contributed by atoms with van der Waals surface area (Å²) in [4.78, 5) is 22.4. The lowest BCUT2D eigenvalue weighted by atomic mass is 10.0. The number of rotatable bonds is 2. The summed E-state index contributed by atoms with van der Waals surface area (Å²) < 4.78 is 5.15. The van der Waals surface area contributed by atoms with Gasteiger partial charge in [0.1, 0.15) is 11.1 Å². The molecule has 1 aromatic heterocycles. The van der Waals surface area contributed by atoms with E-state index in [1.165, 1.54) is 0 Å². The Morgan fingerprint density at radius 2 is 1.68 bits per heavy atom. The van der Waals surface area contributed by atoms with Gasteiger partial charge in [-0.15, -0.1) is 0 Å². The van der Waals surface area contributed by atoms with Crippen LogP contribution in [0.25, 0.3) is 21.7 Å². The average Bonchev–Trinajstić information content (AvgIpc) is 2.78. The van der Waals surface area contributed by atoms with Crippen molar-refractivity contribution in [2.75, 3.05) is 0 Å². The van der Waals surface area contributed by atoms with Gasteiger partial charge in [0.25, 0.3) is 0 Å². The maximum Gasteiger partial charge on any atom is 0.372 e. The van der Waals surface area contributed by atoms with E-state index in [0.29, 0.717) is 10.8 Å². The third-order valence-electron chi connectivity index (χ3n) is 2.99. The minimum Gasteiger partial charge on any atom is -0.478 e. The molecule has 0 aliphatic heterocycles. The molecule has 3 aromatic rings. The molecule has 0 amide bonds. The van der Waals surface area contributed by atoms with Crippen molar-refractivity contribution >= 4 is 33.7 Å². The fourth-order valence-electron chi connectivity index (χ4n) is 2.22. The number of benzene rings is 2. The molecule has 5 nitrogen and oxygen atoms in total. The molecule has 94 valence electrons. The van der Waals surface area contributed by atoms with E-state index in [2.05, 4.69) is 0 Å². The highest BCUT2D eigenvalue weighted by Crippen LogP contribution is 2.32. The van der Waals surface area contributed by atoms with Crippen molar-refractivity contribution in [2.24, 2.45) is 0 Å². The molecule has 2 N–H and O–H groups in total. The van der Waals surface area contributed by atoms with Gasteiger partial charge in [-0.2, -0.15) is 0 Å². The van der Waals surface area contributed by atoms with Crippen molar-refractivity contribution in [2.45, 2.75) is 0 Å². The summed E-state index contributed by atoms with van der Waals surface area (Å²) in [6.07, 6.45) is 0. The number of carbonyl (C=O) groups is 2. The first-order valence-corrected chi connectivity index (χ1v) is 5.50. The fourth-order valence-corrected chi connectivity index (χ4v) is 2.22. The van der Waals surface area contributed by atoms with E-state index in [0.717, 1.165) is 5.39 Å². The van der Waals surface area contributed by atoms with Crippen LogP contribution in [0.5, 0.6) is 0 Å². The smallest absolute Gasteiger partial charge is 0.372 e. The van der Waals surface area contributed by atoms with Gasteiger partial charge in [-0.3, -0.25) is 0 Å². The van der Waals surface area contributed by atoms with Gasteiger partial charge < -0.3 is 14.6 Å². The monoisotopic (exact) mass is 256 g/mol. The van der Waals surface area contributed by atoms with Crippen LogP contribution in [-0.4, -0.2) is 22.2 Å². The zero-order chi connectivity index (χ0) is 13.6. The van der Waals surface area contributed by atoms with E-state index in [1.807, 2.05) is 12.1 Å². The third-order valence-corrected chi connectivity index (χ3v) is 2.99. The Morgan fingerprint density at radius 1 is 0.947 bits per heavy atom. The molecule has 0 bridgehead atoms. The topological polar surface area (TPSA) is 87.7 Å². The summed E-state index contributed by atoms with van der Waals surface area (Å²) in [6, 6.07) is 10.5. The molecule has 2 aromatic carbocycles. The first kappa shape index (κ1) is 11.3. The quantitative estimate of drug-likeness (QED) is 0.735. The molecule has 0 radical (unpaired) electrons. The molecule has 5 heteroatoms. The minimum absolute atomic E-state index is 0.258. The SMILES string of the molecule is O=C(O)c1oc2ccc3ccccc3c2c1C(=O)O. The van der Waals surface area contributed by atoms with Gasteiger partial charge in [0.05, 0.1) is 0 Å². The van der Waals surface area contributed by atoms with Gasteiger partial charge in [-0.05, 0) is 16.8 Å². The molecule has 0 spiro atoms. The standard InChI is InChI=1S/C14H8O5/c15-13(16)11-10-8-4-2-1-3-7(8)5-6-9(10)19-12(11)14(17)18/h1-6H,(H,15,16)(H,17,18). The van der Waals surface area contributed by atoms with Crippen LogP contribution in [0.1, 0.15) is 20.9 Å². The normalized spacial score (nSPS) is 10.9. The van der Waals surface area contributed by atoms with Crippen molar-refractivity contribution in [1.82, 2.24) is 0 Å². The maximum absolute atomic E-state index is 11.3. The summed E-state index contributed by atoms with van der Waals surface area (Å²) in [6.45, 7) is 0. The van der Waals surface area contributed by atoms with Gasteiger partial charge in [-0.25, -0.2) is 9.59 Å². The molecule has 0 aliphatic rings. The molecule has 3 rings (SSSR count). The van der Waals surface area contributed by atoms with E-state index in [1.54, 1.807) is 24.3 Å². The first-order chi connectivity index (χ1) is 9.09. The lowest BCUT2D eigenvalue weighted by molar-refractivity contribution is 0.0628. The molecule has 0 saturated carbocycles. The van der Waals surface area contributed by atoms with E-state index in [4.69, 9.17) is 9.52 Å². The fraction of sp³-hybridized carbons (Fsp3) is 0. The van der Waals surface area contributed by atoms with Gasteiger partial charge in [0.15, 0.2) is 0 Å². The Kier molecular flexibility index (Phi) is 2.28. The largest absolute Gasteiger partial charge is 0.478 e. The van der Waals surface area contributed by atoms with Crippen molar-refractivity contribution in [1.29, 1.82) is 0 Å². The van der Waals surface area contributed by atoms with Crippen molar-refractivity contribution in [3.8, 4) is 0 Å². The lowest BCUT2D eigenvalue weighted by Crippen LogP contribution is -2.04. The predicted molar refractivity (Wildman–Crippen MR) is 67.6 cm³/mol. The zero-order valence-corrected chi connectivity index (χ0v) is 9.58. The summed E-state index contributed by atoms with van der Waals surface area (Å²) >= 11 is 0.